The van der Waals surface area contributed by atoms with Crippen molar-refractivity contribution in [1.29, 1.82) is 0 Å². The lowest BCUT2D eigenvalue weighted by atomic mass is 9.95. The number of aryl methyl sites for hydroxylation is 1. The normalized spacial score (nSPS) is 17.2. The van der Waals surface area contributed by atoms with Crippen molar-refractivity contribution in [2.24, 2.45) is 0 Å². The first kappa shape index (κ1) is 23.8. The van der Waals surface area contributed by atoms with Crippen LogP contribution >= 0.6 is 0 Å². The second kappa shape index (κ2) is 9.50. The van der Waals surface area contributed by atoms with Crippen LogP contribution in [0.25, 0.3) is 5.76 Å². The molecule has 1 unspecified atom stereocenters. The lowest BCUT2D eigenvalue weighted by Gasteiger charge is -2.25. The highest BCUT2D eigenvalue weighted by molar-refractivity contribution is 6.51. The van der Waals surface area contributed by atoms with Gasteiger partial charge in [-0.25, -0.2) is 9.18 Å². The molecule has 178 valence electrons. The Hall–Kier alpha value is -4.33. The largest absolute Gasteiger partial charge is 0.507 e. The SMILES string of the molecule is Cc1cc(/C(O)=C2\C(=O)C(=O)N(c3cccc(C(=O)OC(C)C)c3)C2c2cccnc2)ccc1F. The fourth-order valence-corrected chi connectivity index (χ4v) is 3.96. The molecule has 0 radical (unpaired) electrons. The number of nitrogens with zero attached hydrogens (tertiary/aromatic N) is 2. The molecule has 0 bridgehead atoms. The number of aliphatic hydroxyl groups excluding tert-OH is 1. The van der Waals surface area contributed by atoms with Crippen molar-refractivity contribution in [2.45, 2.75) is 32.9 Å². The van der Waals surface area contributed by atoms with Gasteiger partial charge >= 0.3 is 5.97 Å². The van der Waals surface area contributed by atoms with E-state index in [9.17, 15) is 23.9 Å². The summed E-state index contributed by atoms with van der Waals surface area (Å²) in [6.07, 6.45) is 2.69. The fraction of sp³-hybridized carbons (Fsp3) is 0.185. The molecule has 1 aliphatic rings. The molecule has 0 aliphatic carbocycles. The Bertz CT molecular complexity index is 1350. The Balaban J connectivity index is 1.89. The predicted molar refractivity (Wildman–Crippen MR) is 127 cm³/mol. The monoisotopic (exact) mass is 474 g/mol. The summed E-state index contributed by atoms with van der Waals surface area (Å²) >= 11 is 0. The Kier molecular flexibility index (Phi) is 6.46. The van der Waals surface area contributed by atoms with Crippen molar-refractivity contribution in [3.8, 4) is 0 Å². The maximum atomic E-state index is 13.8. The van der Waals surface area contributed by atoms with Crippen LogP contribution < -0.4 is 4.90 Å². The van der Waals surface area contributed by atoms with Crippen molar-refractivity contribution in [3.05, 3.63) is 101 Å². The fourth-order valence-electron chi connectivity index (χ4n) is 3.96. The molecule has 4 rings (SSSR count). The number of amides is 1. The highest BCUT2D eigenvalue weighted by atomic mass is 19.1. The average molecular weight is 474 g/mol. The van der Waals surface area contributed by atoms with Gasteiger partial charge in [0.15, 0.2) is 0 Å². The van der Waals surface area contributed by atoms with Gasteiger partial charge in [0.2, 0.25) is 0 Å². The van der Waals surface area contributed by atoms with Crippen LogP contribution in [0.3, 0.4) is 0 Å². The van der Waals surface area contributed by atoms with Crippen molar-refractivity contribution in [2.75, 3.05) is 4.90 Å². The number of halogens is 1. The summed E-state index contributed by atoms with van der Waals surface area (Å²) in [5, 5.41) is 11.1. The zero-order valence-electron chi connectivity index (χ0n) is 19.4. The number of ether oxygens (including phenoxy) is 1. The van der Waals surface area contributed by atoms with E-state index in [1.165, 1.54) is 42.3 Å². The first-order chi connectivity index (χ1) is 16.7. The van der Waals surface area contributed by atoms with Gasteiger partial charge in [0, 0.05) is 23.6 Å². The van der Waals surface area contributed by atoms with E-state index in [0.29, 0.717) is 5.56 Å². The van der Waals surface area contributed by atoms with E-state index in [4.69, 9.17) is 4.74 Å². The second-order valence-electron chi connectivity index (χ2n) is 8.42. The number of pyridine rings is 1. The molecule has 0 saturated carbocycles. The summed E-state index contributed by atoms with van der Waals surface area (Å²) in [7, 11) is 0. The first-order valence-electron chi connectivity index (χ1n) is 11.0. The Morgan fingerprint density at radius 2 is 1.86 bits per heavy atom. The minimum Gasteiger partial charge on any atom is -0.507 e. The molecule has 7 nitrogen and oxygen atoms in total. The van der Waals surface area contributed by atoms with Gasteiger partial charge in [-0.3, -0.25) is 19.5 Å². The van der Waals surface area contributed by atoms with Crippen molar-refractivity contribution < 1.29 is 28.6 Å². The first-order valence-corrected chi connectivity index (χ1v) is 11.0. The minimum absolute atomic E-state index is 0.163. The number of benzene rings is 2. The standard InChI is InChI=1S/C27H23FN2O5/c1-15(2)35-27(34)18-6-4-8-20(13-18)30-23(19-7-5-11-29-14-19)22(25(32)26(30)33)24(31)17-9-10-21(28)16(3)12-17/h4-15,23,31H,1-3H3/b24-22+. The number of ketones is 1. The lowest BCUT2D eigenvalue weighted by Crippen LogP contribution is -2.29. The summed E-state index contributed by atoms with van der Waals surface area (Å²) < 4.78 is 19.1. The highest BCUT2D eigenvalue weighted by Gasteiger charge is 2.47. The van der Waals surface area contributed by atoms with Crippen LogP contribution in [0.1, 0.15) is 46.9 Å². The number of rotatable bonds is 5. The summed E-state index contributed by atoms with van der Waals surface area (Å²) in [4.78, 5) is 44.2. The number of esters is 1. The van der Waals surface area contributed by atoms with Crippen LogP contribution in [-0.2, 0) is 14.3 Å². The topological polar surface area (TPSA) is 96.8 Å². The number of carbonyl (C=O) groups is 3. The molecule has 1 fully saturated rings. The number of anilines is 1. The van der Waals surface area contributed by atoms with Crippen molar-refractivity contribution in [3.63, 3.8) is 0 Å². The van der Waals surface area contributed by atoms with Crippen LogP contribution in [0.15, 0.2) is 72.6 Å². The quantitative estimate of drug-likeness (QED) is 0.249. The van der Waals surface area contributed by atoms with Gasteiger partial charge in [-0.2, -0.15) is 0 Å². The minimum atomic E-state index is -1.02. The Morgan fingerprint density at radius 3 is 2.51 bits per heavy atom. The van der Waals surface area contributed by atoms with E-state index in [1.807, 2.05) is 0 Å². The van der Waals surface area contributed by atoms with Gasteiger partial charge < -0.3 is 9.84 Å². The van der Waals surface area contributed by atoms with E-state index in [1.54, 1.807) is 50.4 Å². The summed E-state index contributed by atoms with van der Waals surface area (Å²) in [6.45, 7) is 4.98. The van der Waals surface area contributed by atoms with Crippen LogP contribution in [0.5, 0.6) is 0 Å². The third-order valence-corrected chi connectivity index (χ3v) is 5.58. The van der Waals surface area contributed by atoms with Gasteiger partial charge in [0.05, 0.1) is 23.3 Å². The van der Waals surface area contributed by atoms with Gasteiger partial charge in [-0.15, -0.1) is 0 Å². The molecule has 35 heavy (non-hydrogen) atoms. The molecule has 1 saturated heterocycles. The van der Waals surface area contributed by atoms with E-state index in [2.05, 4.69) is 4.98 Å². The molecule has 1 aromatic heterocycles. The number of hydrogen-bond acceptors (Lipinski definition) is 6. The number of hydrogen-bond donors (Lipinski definition) is 1. The van der Waals surface area contributed by atoms with Crippen LogP contribution in [0.4, 0.5) is 10.1 Å². The van der Waals surface area contributed by atoms with E-state index < -0.39 is 35.3 Å². The molecular formula is C27H23FN2O5. The molecule has 1 N–H and O–H groups in total. The molecule has 2 aromatic carbocycles. The molecule has 2 heterocycles. The average Bonchev–Trinajstić information content (AvgIpc) is 3.11. The lowest BCUT2D eigenvalue weighted by molar-refractivity contribution is -0.132. The maximum Gasteiger partial charge on any atom is 0.338 e. The Labute approximate surface area is 201 Å². The van der Waals surface area contributed by atoms with E-state index >= 15 is 0 Å². The number of aromatic nitrogens is 1. The molecule has 0 spiro atoms. The molecule has 3 aromatic rings. The van der Waals surface area contributed by atoms with Crippen LogP contribution in [0.2, 0.25) is 0 Å². The Morgan fingerprint density at radius 1 is 1.09 bits per heavy atom. The molecule has 1 aliphatic heterocycles. The third-order valence-electron chi connectivity index (χ3n) is 5.58. The van der Waals surface area contributed by atoms with Gasteiger partial charge in [0.1, 0.15) is 11.6 Å². The molecule has 1 atom stereocenters. The van der Waals surface area contributed by atoms with E-state index in [-0.39, 0.29) is 34.1 Å². The smallest absolute Gasteiger partial charge is 0.338 e. The zero-order chi connectivity index (χ0) is 25.3. The van der Waals surface area contributed by atoms with Gasteiger partial charge in [0.25, 0.3) is 11.7 Å². The molecular weight excluding hydrogens is 451 g/mol. The van der Waals surface area contributed by atoms with Gasteiger partial charge in [-0.05, 0) is 74.4 Å². The maximum absolute atomic E-state index is 13.8. The third kappa shape index (κ3) is 4.55. The van der Waals surface area contributed by atoms with Crippen molar-refractivity contribution >= 4 is 29.1 Å². The predicted octanol–water partition coefficient (Wildman–Crippen LogP) is 4.72. The van der Waals surface area contributed by atoms with Crippen LogP contribution in [-0.4, -0.2) is 33.9 Å². The number of carbonyl (C=O) groups excluding carboxylic acids is 3. The number of aliphatic hydroxyl groups is 1. The summed E-state index contributed by atoms with van der Waals surface area (Å²) in [5.41, 5.74) is 1.26. The molecule has 8 heteroatoms. The summed E-state index contributed by atoms with van der Waals surface area (Å²) in [6, 6.07) is 12.4. The van der Waals surface area contributed by atoms with Crippen LogP contribution in [0, 0.1) is 12.7 Å². The zero-order valence-corrected chi connectivity index (χ0v) is 19.4. The van der Waals surface area contributed by atoms with E-state index in [0.717, 1.165) is 0 Å². The van der Waals surface area contributed by atoms with Gasteiger partial charge in [-0.1, -0.05) is 12.1 Å². The second-order valence-corrected chi connectivity index (χ2v) is 8.42. The summed E-state index contributed by atoms with van der Waals surface area (Å²) in [5.74, 6) is -3.26. The highest BCUT2D eigenvalue weighted by Crippen LogP contribution is 2.42. The van der Waals surface area contributed by atoms with Crippen molar-refractivity contribution in [1.82, 2.24) is 4.98 Å². The molecule has 1 amide bonds. The number of Topliss-reactive ketones (excluding diaryl/α,β-unsaturated/α-hetero) is 1.